The molecule has 0 unspecified atom stereocenters. The van der Waals surface area contributed by atoms with Gasteiger partial charge in [-0.25, -0.2) is 4.79 Å². The predicted octanol–water partition coefficient (Wildman–Crippen LogP) is 2.46. The first kappa shape index (κ1) is 11.0. The van der Waals surface area contributed by atoms with Gasteiger partial charge in [-0.1, -0.05) is 11.6 Å². The van der Waals surface area contributed by atoms with E-state index in [2.05, 4.69) is 6.58 Å². The highest BCUT2D eigenvalue weighted by molar-refractivity contribution is 5.87. The van der Waals surface area contributed by atoms with Crippen LogP contribution in [-0.4, -0.2) is 12.6 Å². The summed E-state index contributed by atoms with van der Waals surface area (Å²) in [5.74, 6) is -0.237. The second-order valence-electron chi connectivity index (χ2n) is 2.81. The zero-order valence-corrected chi connectivity index (χ0v) is 8.02. The number of allylic oxidation sites excluding steroid dienone is 1. The molecule has 0 rings (SSSR count). The van der Waals surface area contributed by atoms with E-state index in [1.54, 1.807) is 13.0 Å². The van der Waals surface area contributed by atoms with Crippen molar-refractivity contribution in [1.29, 1.82) is 0 Å². The van der Waals surface area contributed by atoms with Crippen LogP contribution in [0.25, 0.3) is 0 Å². The highest BCUT2D eigenvalue weighted by Crippen LogP contribution is 1.99. The van der Waals surface area contributed by atoms with E-state index in [1.807, 2.05) is 13.8 Å². The maximum atomic E-state index is 11.0. The van der Waals surface area contributed by atoms with E-state index in [0.717, 1.165) is 12.0 Å². The first-order valence-corrected chi connectivity index (χ1v) is 4.02. The molecule has 0 aliphatic heterocycles. The highest BCUT2D eigenvalue weighted by atomic mass is 16.5. The predicted molar refractivity (Wildman–Crippen MR) is 49.8 cm³/mol. The molecule has 0 atom stereocenters. The lowest BCUT2D eigenvalue weighted by Gasteiger charge is -2.03. The van der Waals surface area contributed by atoms with Crippen LogP contribution in [0.1, 0.15) is 27.2 Å². The molecule has 0 spiro atoms. The Morgan fingerprint density at radius 1 is 1.50 bits per heavy atom. The summed E-state index contributed by atoms with van der Waals surface area (Å²) in [6, 6.07) is 0. The van der Waals surface area contributed by atoms with Gasteiger partial charge in [0.2, 0.25) is 0 Å². The lowest BCUT2D eigenvalue weighted by molar-refractivity contribution is -0.138. The molecule has 2 heteroatoms. The Kier molecular flexibility index (Phi) is 5.09. The molecule has 0 aliphatic carbocycles. The van der Waals surface area contributed by atoms with Crippen molar-refractivity contribution in [2.75, 3.05) is 6.61 Å². The van der Waals surface area contributed by atoms with Gasteiger partial charge in [0.05, 0.1) is 6.61 Å². The van der Waals surface area contributed by atoms with Gasteiger partial charge in [0.15, 0.2) is 0 Å². The molecule has 0 aromatic rings. The van der Waals surface area contributed by atoms with Gasteiger partial charge in [-0.15, -0.1) is 6.58 Å². The molecular formula is C10H16O2. The highest BCUT2D eigenvalue weighted by Gasteiger charge is 2.02. The average Bonchev–Trinajstić information content (AvgIpc) is 2.02. The Balaban J connectivity index is 3.65. The Morgan fingerprint density at radius 3 is 2.50 bits per heavy atom. The van der Waals surface area contributed by atoms with Crippen molar-refractivity contribution in [3.8, 4) is 0 Å². The van der Waals surface area contributed by atoms with Gasteiger partial charge in [-0.2, -0.15) is 0 Å². The number of ether oxygens (including phenoxy) is 1. The third kappa shape index (κ3) is 4.72. The molecule has 0 amide bonds. The summed E-state index contributed by atoms with van der Waals surface area (Å²) in [7, 11) is 0. The Labute approximate surface area is 73.9 Å². The normalized spacial score (nSPS) is 11.1. The van der Waals surface area contributed by atoms with E-state index in [4.69, 9.17) is 4.74 Å². The van der Waals surface area contributed by atoms with Gasteiger partial charge >= 0.3 is 5.97 Å². The number of esters is 1. The number of rotatable bonds is 4. The van der Waals surface area contributed by atoms with E-state index in [1.165, 1.54) is 0 Å². The molecule has 12 heavy (non-hydrogen) atoms. The molecule has 0 aromatic carbocycles. The second kappa shape index (κ2) is 5.58. The number of carbonyl (C=O) groups excluding carboxylic acids is 1. The largest absolute Gasteiger partial charge is 0.462 e. The van der Waals surface area contributed by atoms with E-state index in [9.17, 15) is 4.79 Å². The van der Waals surface area contributed by atoms with Crippen LogP contribution in [0.2, 0.25) is 0 Å². The summed E-state index contributed by atoms with van der Waals surface area (Å²) in [5, 5.41) is 0. The van der Waals surface area contributed by atoms with Gasteiger partial charge in [-0.05, 0) is 20.8 Å². The standard InChI is InChI=1S/C10H16O2/c1-5-9(4)10(11)12-7-6-8(2)3/h5H,2,6-7H2,1,3-4H3/b9-5+. The molecule has 0 aliphatic rings. The fraction of sp³-hybridized carbons (Fsp3) is 0.500. The van der Waals surface area contributed by atoms with Crippen LogP contribution in [0.4, 0.5) is 0 Å². The van der Waals surface area contributed by atoms with Crippen LogP contribution in [0.5, 0.6) is 0 Å². The van der Waals surface area contributed by atoms with Gasteiger partial charge in [0.25, 0.3) is 0 Å². The minimum atomic E-state index is -0.237. The average molecular weight is 168 g/mol. The van der Waals surface area contributed by atoms with E-state index in [-0.39, 0.29) is 5.97 Å². The number of hydrogen-bond donors (Lipinski definition) is 0. The summed E-state index contributed by atoms with van der Waals surface area (Å²) < 4.78 is 4.94. The lowest BCUT2D eigenvalue weighted by atomic mass is 10.2. The Bertz CT molecular complexity index is 202. The molecule has 0 saturated carbocycles. The van der Waals surface area contributed by atoms with E-state index < -0.39 is 0 Å². The Morgan fingerprint density at radius 2 is 2.08 bits per heavy atom. The van der Waals surface area contributed by atoms with Gasteiger partial charge < -0.3 is 4.74 Å². The summed E-state index contributed by atoms with van der Waals surface area (Å²) >= 11 is 0. The molecule has 0 bridgehead atoms. The van der Waals surface area contributed by atoms with Crippen molar-refractivity contribution in [1.82, 2.24) is 0 Å². The topological polar surface area (TPSA) is 26.3 Å². The Hall–Kier alpha value is -1.05. The molecule has 0 heterocycles. The molecule has 2 nitrogen and oxygen atoms in total. The van der Waals surface area contributed by atoms with Crippen LogP contribution in [0, 0.1) is 0 Å². The van der Waals surface area contributed by atoms with Crippen molar-refractivity contribution in [3.63, 3.8) is 0 Å². The second-order valence-corrected chi connectivity index (χ2v) is 2.81. The first-order valence-electron chi connectivity index (χ1n) is 4.02. The number of hydrogen-bond acceptors (Lipinski definition) is 2. The first-order chi connectivity index (χ1) is 5.57. The van der Waals surface area contributed by atoms with Gasteiger partial charge in [-0.3, -0.25) is 0 Å². The van der Waals surface area contributed by atoms with Crippen LogP contribution in [-0.2, 0) is 9.53 Å². The summed E-state index contributed by atoms with van der Waals surface area (Å²) in [6.07, 6.45) is 2.48. The van der Waals surface area contributed by atoms with Gasteiger partial charge in [0, 0.05) is 12.0 Å². The summed E-state index contributed by atoms with van der Waals surface area (Å²) in [5.41, 5.74) is 1.68. The smallest absolute Gasteiger partial charge is 0.333 e. The molecule has 0 fully saturated rings. The van der Waals surface area contributed by atoms with Gasteiger partial charge in [0.1, 0.15) is 0 Å². The maximum Gasteiger partial charge on any atom is 0.333 e. The zero-order valence-electron chi connectivity index (χ0n) is 8.02. The van der Waals surface area contributed by atoms with Crippen molar-refractivity contribution in [2.45, 2.75) is 27.2 Å². The van der Waals surface area contributed by atoms with Crippen molar-refractivity contribution in [3.05, 3.63) is 23.8 Å². The minimum Gasteiger partial charge on any atom is -0.462 e. The van der Waals surface area contributed by atoms with Crippen molar-refractivity contribution >= 4 is 5.97 Å². The fourth-order valence-corrected chi connectivity index (χ4v) is 0.550. The van der Waals surface area contributed by atoms with Crippen molar-refractivity contribution in [2.24, 2.45) is 0 Å². The van der Waals surface area contributed by atoms with Crippen LogP contribution in [0.15, 0.2) is 23.8 Å². The van der Waals surface area contributed by atoms with Crippen LogP contribution in [0.3, 0.4) is 0 Å². The van der Waals surface area contributed by atoms with E-state index in [0.29, 0.717) is 12.2 Å². The molecule has 0 N–H and O–H groups in total. The summed E-state index contributed by atoms with van der Waals surface area (Å²) in [6.45, 7) is 9.61. The molecular weight excluding hydrogens is 152 g/mol. The quantitative estimate of drug-likeness (QED) is 0.366. The van der Waals surface area contributed by atoms with Crippen LogP contribution >= 0.6 is 0 Å². The molecule has 68 valence electrons. The fourth-order valence-electron chi connectivity index (χ4n) is 0.550. The molecule has 0 saturated heterocycles. The van der Waals surface area contributed by atoms with Crippen molar-refractivity contribution < 1.29 is 9.53 Å². The van der Waals surface area contributed by atoms with E-state index >= 15 is 0 Å². The third-order valence-electron chi connectivity index (χ3n) is 1.52. The zero-order chi connectivity index (χ0) is 9.56. The number of carbonyl (C=O) groups is 1. The SMILES string of the molecule is C=C(C)CCOC(=O)/C(C)=C/C. The lowest BCUT2D eigenvalue weighted by Crippen LogP contribution is -2.06. The molecule has 0 radical (unpaired) electrons. The third-order valence-corrected chi connectivity index (χ3v) is 1.52. The monoisotopic (exact) mass is 168 g/mol. The maximum absolute atomic E-state index is 11.0. The minimum absolute atomic E-state index is 0.237. The van der Waals surface area contributed by atoms with Crippen LogP contribution < -0.4 is 0 Å². The summed E-state index contributed by atoms with van der Waals surface area (Å²) in [4.78, 5) is 11.0. The molecule has 0 aromatic heterocycles.